The first-order valence-corrected chi connectivity index (χ1v) is 8.61. The van der Waals surface area contributed by atoms with Gasteiger partial charge in [-0.3, -0.25) is 4.79 Å². The minimum atomic E-state index is -0.126. The van der Waals surface area contributed by atoms with Crippen molar-refractivity contribution in [3.63, 3.8) is 0 Å². The van der Waals surface area contributed by atoms with Crippen LogP contribution < -0.4 is 10.2 Å². The van der Waals surface area contributed by atoms with Crippen LogP contribution in [0.1, 0.15) is 16.8 Å². The van der Waals surface area contributed by atoms with E-state index >= 15 is 0 Å². The highest BCUT2D eigenvalue weighted by molar-refractivity contribution is 6.42. The lowest BCUT2D eigenvalue weighted by Gasteiger charge is -2.15. The summed E-state index contributed by atoms with van der Waals surface area (Å²) in [6, 6.07) is 16.8. The van der Waals surface area contributed by atoms with Crippen molar-refractivity contribution in [3.05, 3.63) is 97.9 Å². The third kappa shape index (κ3) is 4.25. The molecule has 25 heavy (non-hydrogen) atoms. The van der Waals surface area contributed by atoms with Crippen molar-refractivity contribution in [2.45, 2.75) is 20.1 Å². The van der Waals surface area contributed by atoms with Gasteiger partial charge in [0.2, 0.25) is 5.43 Å². The van der Waals surface area contributed by atoms with E-state index in [1.807, 2.05) is 54.0 Å². The quantitative estimate of drug-likeness (QED) is 0.623. The van der Waals surface area contributed by atoms with Gasteiger partial charge in [0.15, 0.2) is 5.75 Å². The lowest BCUT2D eigenvalue weighted by atomic mass is 10.2. The van der Waals surface area contributed by atoms with Crippen LogP contribution in [-0.4, -0.2) is 4.57 Å². The second-order valence-electron chi connectivity index (χ2n) is 5.75. The highest BCUT2D eigenvalue weighted by atomic mass is 35.5. The third-order valence-corrected chi connectivity index (χ3v) is 4.69. The van der Waals surface area contributed by atoms with Crippen LogP contribution in [0.5, 0.6) is 5.75 Å². The molecule has 0 aliphatic rings. The van der Waals surface area contributed by atoms with E-state index in [-0.39, 0.29) is 5.43 Å². The molecule has 3 nitrogen and oxygen atoms in total. The van der Waals surface area contributed by atoms with Crippen LogP contribution in [0.4, 0.5) is 0 Å². The fraction of sp³-hybridized carbons (Fsp3) is 0.150. The van der Waals surface area contributed by atoms with Crippen LogP contribution in [0.15, 0.2) is 65.6 Å². The fourth-order valence-electron chi connectivity index (χ4n) is 2.57. The SMILES string of the molecule is Cc1c(OCc2ccccc2)c(=O)ccn1Cc1ccc(Cl)c(Cl)c1. The Labute approximate surface area is 156 Å². The molecule has 0 bridgehead atoms. The Hall–Kier alpha value is -2.23. The molecule has 5 heteroatoms. The predicted octanol–water partition coefficient (Wildman–Crippen LogP) is 5.09. The maximum absolute atomic E-state index is 12.2. The standard InChI is InChI=1S/C20H17Cl2NO2/c1-14-20(25-13-15-5-3-2-4-6-15)19(24)9-10-23(14)12-16-7-8-17(21)18(22)11-16/h2-11H,12-13H2,1H3. The van der Waals surface area contributed by atoms with Gasteiger partial charge in [-0.2, -0.15) is 0 Å². The van der Waals surface area contributed by atoms with Crippen molar-refractivity contribution >= 4 is 23.2 Å². The Morgan fingerprint density at radius 3 is 2.44 bits per heavy atom. The van der Waals surface area contributed by atoms with Gasteiger partial charge in [0, 0.05) is 18.8 Å². The van der Waals surface area contributed by atoms with E-state index in [2.05, 4.69) is 0 Å². The Balaban J connectivity index is 1.84. The van der Waals surface area contributed by atoms with E-state index in [4.69, 9.17) is 27.9 Å². The van der Waals surface area contributed by atoms with Crippen molar-refractivity contribution in [3.8, 4) is 5.75 Å². The fourth-order valence-corrected chi connectivity index (χ4v) is 2.89. The van der Waals surface area contributed by atoms with Gasteiger partial charge in [0.1, 0.15) is 6.61 Å². The molecule has 1 aromatic heterocycles. The Morgan fingerprint density at radius 1 is 0.960 bits per heavy atom. The molecule has 128 valence electrons. The molecular weight excluding hydrogens is 357 g/mol. The lowest BCUT2D eigenvalue weighted by molar-refractivity contribution is 0.297. The molecule has 0 atom stereocenters. The second kappa shape index (κ2) is 7.77. The first-order chi connectivity index (χ1) is 12.0. The lowest BCUT2D eigenvalue weighted by Crippen LogP contribution is -2.15. The maximum Gasteiger partial charge on any atom is 0.223 e. The molecule has 0 unspecified atom stereocenters. The van der Waals surface area contributed by atoms with E-state index in [1.165, 1.54) is 6.07 Å². The summed E-state index contributed by atoms with van der Waals surface area (Å²) in [4.78, 5) is 12.2. The first-order valence-electron chi connectivity index (χ1n) is 7.85. The molecule has 0 saturated carbocycles. The summed E-state index contributed by atoms with van der Waals surface area (Å²) in [7, 11) is 0. The van der Waals surface area contributed by atoms with Crippen molar-refractivity contribution in [1.82, 2.24) is 4.57 Å². The largest absolute Gasteiger partial charge is 0.483 e. The summed E-state index contributed by atoms with van der Waals surface area (Å²) in [6.07, 6.45) is 1.76. The summed E-state index contributed by atoms with van der Waals surface area (Å²) in [5.41, 5.74) is 2.66. The van der Waals surface area contributed by atoms with Gasteiger partial charge in [-0.05, 0) is 30.2 Å². The number of pyridine rings is 1. The summed E-state index contributed by atoms with van der Waals surface area (Å²) >= 11 is 12.0. The zero-order valence-corrected chi connectivity index (χ0v) is 15.2. The minimum absolute atomic E-state index is 0.126. The van der Waals surface area contributed by atoms with E-state index in [1.54, 1.807) is 12.3 Å². The molecule has 1 heterocycles. The summed E-state index contributed by atoms with van der Waals surface area (Å²) < 4.78 is 7.75. The zero-order chi connectivity index (χ0) is 17.8. The Kier molecular flexibility index (Phi) is 5.47. The van der Waals surface area contributed by atoms with Gasteiger partial charge in [-0.1, -0.05) is 59.6 Å². The molecule has 0 aliphatic carbocycles. The molecule has 0 N–H and O–H groups in total. The van der Waals surface area contributed by atoms with Crippen molar-refractivity contribution in [1.29, 1.82) is 0 Å². The molecule has 3 aromatic rings. The molecule has 2 aromatic carbocycles. The van der Waals surface area contributed by atoms with Gasteiger partial charge in [0.25, 0.3) is 0 Å². The van der Waals surface area contributed by atoms with Gasteiger partial charge >= 0.3 is 0 Å². The number of ether oxygens (including phenoxy) is 1. The molecule has 3 rings (SSSR count). The topological polar surface area (TPSA) is 31.2 Å². The second-order valence-corrected chi connectivity index (χ2v) is 6.56. The molecule has 0 aliphatic heterocycles. The summed E-state index contributed by atoms with van der Waals surface area (Å²) in [6.45, 7) is 2.80. The highest BCUT2D eigenvalue weighted by Crippen LogP contribution is 2.23. The number of hydrogen-bond acceptors (Lipinski definition) is 2. The molecule has 0 fully saturated rings. The van der Waals surface area contributed by atoms with E-state index in [0.717, 1.165) is 16.8 Å². The summed E-state index contributed by atoms with van der Waals surface area (Å²) in [5.74, 6) is 0.367. The Bertz CT molecular complexity index is 936. The van der Waals surface area contributed by atoms with Crippen LogP contribution in [0.3, 0.4) is 0 Å². The molecule has 0 amide bonds. The molecular formula is C20H17Cl2NO2. The van der Waals surface area contributed by atoms with Crippen molar-refractivity contribution in [2.24, 2.45) is 0 Å². The molecule has 0 spiro atoms. The number of aromatic nitrogens is 1. The smallest absolute Gasteiger partial charge is 0.223 e. The van der Waals surface area contributed by atoms with Gasteiger partial charge in [0.05, 0.1) is 15.7 Å². The van der Waals surface area contributed by atoms with E-state index in [9.17, 15) is 4.79 Å². The average Bonchev–Trinajstić information content (AvgIpc) is 2.61. The van der Waals surface area contributed by atoms with Crippen LogP contribution in [0.2, 0.25) is 10.0 Å². The van der Waals surface area contributed by atoms with Gasteiger partial charge in [-0.15, -0.1) is 0 Å². The van der Waals surface area contributed by atoms with Gasteiger partial charge < -0.3 is 9.30 Å². The van der Waals surface area contributed by atoms with Crippen LogP contribution >= 0.6 is 23.2 Å². The van der Waals surface area contributed by atoms with Crippen LogP contribution in [0, 0.1) is 6.92 Å². The monoisotopic (exact) mass is 373 g/mol. The predicted molar refractivity (Wildman–Crippen MR) is 102 cm³/mol. The van der Waals surface area contributed by atoms with E-state index in [0.29, 0.717) is 28.9 Å². The number of halogens is 2. The number of benzene rings is 2. The normalized spacial score (nSPS) is 10.7. The number of hydrogen-bond donors (Lipinski definition) is 0. The minimum Gasteiger partial charge on any atom is -0.483 e. The third-order valence-electron chi connectivity index (χ3n) is 3.95. The average molecular weight is 374 g/mol. The first kappa shape index (κ1) is 17.6. The van der Waals surface area contributed by atoms with Crippen molar-refractivity contribution in [2.75, 3.05) is 0 Å². The molecule has 0 radical (unpaired) electrons. The summed E-state index contributed by atoms with van der Waals surface area (Å²) in [5, 5.41) is 1.03. The molecule has 0 saturated heterocycles. The Morgan fingerprint density at radius 2 is 1.72 bits per heavy atom. The zero-order valence-electron chi connectivity index (χ0n) is 13.7. The van der Waals surface area contributed by atoms with Crippen LogP contribution in [0.25, 0.3) is 0 Å². The van der Waals surface area contributed by atoms with Crippen LogP contribution in [-0.2, 0) is 13.2 Å². The number of rotatable bonds is 5. The van der Waals surface area contributed by atoms with Crippen molar-refractivity contribution < 1.29 is 4.74 Å². The number of nitrogens with zero attached hydrogens (tertiary/aromatic N) is 1. The van der Waals surface area contributed by atoms with Gasteiger partial charge in [-0.25, -0.2) is 0 Å². The van der Waals surface area contributed by atoms with E-state index < -0.39 is 0 Å². The maximum atomic E-state index is 12.2. The highest BCUT2D eigenvalue weighted by Gasteiger charge is 2.10.